The zero-order valence-corrected chi connectivity index (χ0v) is 12.1. The molecule has 1 aromatic carbocycles. The molecule has 0 bridgehead atoms. The Hall–Kier alpha value is -1.39. The van der Waals surface area contributed by atoms with Crippen molar-refractivity contribution in [3.8, 4) is 0 Å². The van der Waals surface area contributed by atoms with E-state index >= 15 is 0 Å². The summed E-state index contributed by atoms with van der Waals surface area (Å²) in [6.07, 6.45) is 1.04. The molecule has 0 aliphatic heterocycles. The SMILES string of the molecule is COC(=O)CN(C)CCCN(C)Cc1ccccc1. The van der Waals surface area contributed by atoms with E-state index in [0.29, 0.717) is 6.54 Å². The van der Waals surface area contributed by atoms with Crippen LogP contribution in [-0.4, -0.2) is 56.6 Å². The van der Waals surface area contributed by atoms with Gasteiger partial charge in [0.2, 0.25) is 0 Å². The highest BCUT2D eigenvalue weighted by Crippen LogP contribution is 2.03. The number of esters is 1. The van der Waals surface area contributed by atoms with Crippen LogP contribution in [0.2, 0.25) is 0 Å². The molecular weight excluding hydrogens is 240 g/mol. The second-order valence-electron chi connectivity index (χ2n) is 4.89. The Balaban J connectivity index is 2.17. The van der Waals surface area contributed by atoms with Gasteiger partial charge in [0.05, 0.1) is 13.7 Å². The molecule has 0 atom stereocenters. The van der Waals surface area contributed by atoms with Crippen molar-refractivity contribution in [2.24, 2.45) is 0 Å². The van der Waals surface area contributed by atoms with Crippen molar-refractivity contribution in [1.29, 1.82) is 0 Å². The summed E-state index contributed by atoms with van der Waals surface area (Å²) in [5.41, 5.74) is 1.33. The lowest BCUT2D eigenvalue weighted by Crippen LogP contribution is -2.30. The minimum atomic E-state index is -0.180. The van der Waals surface area contributed by atoms with Crippen molar-refractivity contribution < 1.29 is 9.53 Å². The lowest BCUT2D eigenvalue weighted by molar-refractivity contribution is -0.141. The third kappa shape index (κ3) is 6.94. The molecule has 4 nitrogen and oxygen atoms in total. The fourth-order valence-corrected chi connectivity index (χ4v) is 1.95. The van der Waals surface area contributed by atoms with Crippen LogP contribution >= 0.6 is 0 Å². The van der Waals surface area contributed by atoms with Gasteiger partial charge < -0.3 is 9.64 Å². The number of hydrogen-bond donors (Lipinski definition) is 0. The smallest absolute Gasteiger partial charge is 0.319 e. The number of rotatable bonds is 8. The molecule has 0 fully saturated rings. The zero-order chi connectivity index (χ0) is 14.1. The highest BCUT2D eigenvalue weighted by atomic mass is 16.5. The van der Waals surface area contributed by atoms with Gasteiger partial charge in [-0.2, -0.15) is 0 Å². The number of methoxy groups -OCH3 is 1. The summed E-state index contributed by atoms with van der Waals surface area (Å²) in [7, 11) is 5.48. The van der Waals surface area contributed by atoms with Gasteiger partial charge in [0, 0.05) is 6.54 Å². The van der Waals surface area contributed by atoms with Crippen molar-refractivity contribution in [3.05, 3.63) is 35.9 Å². The van der Waals surface area contributed by atoms with Crippen molar-refractivity contribution in [2.75, 3.05) is 40.8 Å². The average Bonchev–Trinajstić information content (AvgIpc) is 2.39. The van der Waals surface area contributed by atoms with Crippen molar-refractivity contribution >= 4 is 5.97 Å². The summed E-state index contributed by atoms with van der Waals surface area (Å²) in [6, 6.07) is 10.4. The molecule has 0 saturated heterocycles. The number of carbonyl (C=O) groups is 1. The fraction of sp³-hybridized carbons (Fsp3) is 0.533. The van der Waals surface area contributed by atoms with Gasteiger partial charge >= 0.3 is 5.97 Å². The van der Waals surface area contributed by atoms with Crippen LogP contribution in [-0.2, 0) is 16.1 Å². The maximum Gasteiger partial charge on any atom is 0.319 e. The molecule has 19 heavy (non-hydrogen) atoms. The summed E-state index contributed by atoms with van der Waals surface area (Å²) in [5.74, 6) is -0.180. The first-order valence-electron chi connectivity index (χ1n) is 6.59. The molecule has 0 N–H and O–H groups in total. The summed E-state index contributed by atoms with van der Waals surface area (Å²) < 4.78 is 4.64. The largest absolute Gasteiger partial charge is 0.468 e. The summed E-state index contributed by atoms with van der Waals surface area (Å²) in [6.45, 7) is 3.23. The topological polar surface area (TPSA) is 32.8 Å². The molecule has 0 spiro atoms. The van der Waals surface area contributed by atoms with Gasteiger partial charge in [-0.1, -0.05) is 30.3 Å². The normalized spacial score (nSPS) is 11.0. The minimum absolute atomic E-state index is 0.180. The van der Waals surface area contributed by atoms with Crippen LogP contribution in [0.25, 0.3) is 0 Å². The molecule has 0 heterocycles. The van der Waals surface area contributed by atoms with Gasteiger partial charge in [0.25, 0.3) is 0 Å². The number of nitrogens with zero attached hydrogens (tertiary/aromatic N) is 2. The van der Waals surface area contributed by atoms with Crippen LogP contribution in [0.4, 0.5) is 0 Å². The standard InChI is InChI=1S/C15H24N2O2/c1-16(12-14-8-5-4-6-9-14)10-7-11-17(2)13-15(18)19-3/h4-6,8-9H,7,10-13H2,1-3H3. The first-order chi connectivity index (χ1) is 9.11. The average molecular weight is 264 g/mol. The summed E-state index contributed by atoms with van der Waals surface area (Å²) in [5, 5.41) is 0. The first-order valence-corrected chi connectivity index (χ1v) is 6.59. The molecule has 1 rings (SSSR count). The Labute approximate surface area is 116 Å². The summed E-state index contributed by atoms with van der Waals surface area (Å²) >= 11 is 0. The number of benzene rings is 1. The van der Waals surface area contributed by atoms with Gasteiger partial charge in [-0.15, -0.1) is 0 Å². The van der Waals surface area contributed by atoms with Crippen LogP contribution in [0.15, 0.2) is 30.3 Å². The summed E-state index contributed by atoms with van der Waals surface area (Å²) in [4.78, 5) is 15.4. The monoisotopic (exact) mass is 264 g/mol. The zero-order valence-electron chi connectivity index (χ0n) is 12.1. The van der Waals surface area contributed by atoms with Gasteiger partial charge in [0.15, 0.2) is 0 Å². The van der Waals surface area contributed by atoms with E-state index < -0.39 is 0 Å². The Morgan fingerprint density at radius 2 is 1.74 bits per heavy atom. The van der Waals surface area contributed by atoms with E-state index in [2.05, 4.69) is 40.9 Å². The second kappa shape index (κ2) is 8.67. The van der Waals surface area contributed by atoms with E-state index in [4.69, 9.17) is 0 Å². The fourth-order valence-electron chi connectivity index (χ4n) is 1.95. The molecule has 0 aliphatic carbocycles. The Bertz CT molecular complexity index is 368. The maximum atomic E-state index is 11.1. The maximum absolute atomic E-state index is 11.1. The minimum Gasteiger partial charge on any atom is -0.468 e. The van der Waals surface area contributed by atoms with Gasteiger partial charge in [-0.3, -0.25) is 9.69 Å². The number of ether oxygens (including phenoxy) is 1. The molecule has 0 aromatic heterocycles. The molecule has 0 radical (unpaired) electrons. The van der Waals surface area contributed by atoms with Gasteiger partial charge in [-0.25, -0.2) is 0 Å². The molecule has 0 unspecified atom stereocenters. The Kier molecular flexibility index (Phi) is 7.15. The molecular formula is C15H24N2O2. The highest BCUT2D eigenvalue weighted by molar-refractivity contribution is 5.71. The predicted octanol–water partition coefficient (Wildman–Crippen LogP) is 1.61. The van der Waals surface area contributed by atoms with Crippen molar-refractivity contribution in [3.63, 3.8) is 0 Å². The quantitative estimate of drug-likeness (QED) is 0.668. The molecule has 1 aromatic rings. The van der Waals surface area contributed by atoms with E-state index in [9.17, 15) is 4.79 Å². The predicted molar refractivity (Wildman–Crippen MR) is 76.9 cm³/mol. The molecule has 0 aliphatic rings. The highest BCUT2D eigenvalue weighted by Gasteiger charge is 2.06. The lowest BCUT2D eigenvalue weighted by Gasteiger charge is -2.19. The van der Waals surface area contributed by atoms with Crippen LogP contribution in [0.1, 0.15) is 12.0 Å². The molecule has 0 amide bonds. The number of carbonyl (C=O) groups excluding carboxylic acids is 1. The van der Waals surface area contributed by atoms with Gasteiger partial charge in [0.1, 0.15) is 0 Å². The lowest BCUT2D eigenvalue weighted by atomic mass is 10.2. The van der Waals surface area contributed by atoms with E-state index in [1.165, 1.54) is 12.7 Å². The van der Waals surface area contributed by atoms with E-state index in [1.54, 1.807) is 0 Å². The molecule has 0 saturated carbocycles. The van der Waals surface area contributed by atoms with Crippen LogP contribution in [0, 0.1) is 0 Å². The second-order valence-corrected chi connectivity index (χ2v) is 4.89. The van der Waals surface area contributed by atoms with E-state index in [0.717, 1.165) is 26.1 Å². The third-order valence-corrected chi connectivity index (χ3v) is 3.00. The Morgan fingerprint density at radius 1 is 1.11 bits per heavy atom. The number of likely N-dealkylation sites (N-methyl/N-ethyl adjacent to an activating group) is 1. The van der Waals surface area contributed by atoms with Crippen LogP contribution in [0.5, 0.6) is 0 Å². The third-order valence-electron chi connectivity index (χ3n) is 3.00. The first kappa shape index (κ1) is 15.7. The van der Waals surface area contributed by atoms with Crippen molar-refractivity contribution in [1.82, 2.24) is 9.80 Å². The van der Waals surface area contributed by atoms with Gasteiger partial charge in [-0.05, 0) is 39.2 Å². The molecule has 4 heteroatoms. The van der Waals surface area contributed by atoms with E-state index in [-0.39, 0.29) is 5.97 Å². The van der Waals surface area contributed by atoms with Crippen LogP contribution in [0.3, 0.4) is 0 Å². The van der Waals surface area contributed by atoms with Crippen molar-refractivity contribution in [2.45, 2.75) is 13.0 Å². The Morgan fingerprint density at radius 3 is 2.37 bits per heavy atom. The van der Waals surface area contributed by atoms with E-state index in [1.807, 2.05) is 18.0 Å². The van der Waals surface area contributed by atoms with Crippen LogP contribution < -0.4 is 0 Å². The number of hydrogen-bond acceptors (Lipinski definition) is 4. The molecule has 106 valence electrons.